The number of sulfonamides is 1. The number of hydrogen-bond donors (Lipinski definition) is 2. The van der Waals surface area contributed by atoms with E-state index >= 15 is 0 Å². The average molecular weight is 397 g/mol. The van der Waals surface area contributed by atoms with E-state index in [0.717, 1.165) is 25.8 Å². The van der Waals surface area contributed by atoms with Gasteiger partial charge in [-0.3, -0.25) is 9.62 Å². The second-order valence-corrected chi connectivity index (χ2v) is 9.10. The number of urea groups is 1. The van der Waals surface area contributed by atoms with E-state index in [1.165, 1.54) is 20.0 Å². The van der Waals surface area contributed by atoms with Crippen molar-refractivity contribution in [3.8, 4) is 5.75 Å². The van der Waals surface area contributed by atoms with E-state index in [9.17, 15) is 13.2 Å². The number of likely N-dealkylation sites (tertiary alicyclic amines) is 2. The van der Waals surface area contributed by atoms with Crippen LogP contribution < -0.4 is 14.8 Å². The molecule has 2 aliphatic rings. The van der Waals surface area contributed by atoms with E-state index in [-0.39, 0.29) is 12.1 Å². The standard InChI is InChI=1S/C18H28N4O4S/c1-13-10-15(21-8-4-5-9-21)12-22(13)18(23)19-16-11-14(20-27(3,24)25)6-7-17(16)26-2/h6-7,11,13,15,20H,4-5,8-10,12H2,1-3H3,(H,19,23). The molecule has 2 amide bonds. The molecular weight excluding hydrogens is 368 g/mol. The van der Waals surface area contributed by atoms with Crippen molar-refractivity contribution >= 4 is 27.4 Å². The highest BCUT2D eigenvalue weighted by Gasteiger charge is 2.36. The summed E-state index contributed by atoms with van der Waals surface area (Å²) in [5.41, 5.74) is 0.811. The number of anilines is 2. The highest BCUT2D eigenvalue weighted by Crippen LogP contribution is 2.30. The highest BCUT2D eigenvalue weighted by atomic mass is 32.2. The number of hydrogen-bond acceptors (Lipinski definition) is 5. The molecule has 0 saturated carbocycles. The number of amides is 2. The molecule has 0 aromatic heterocycles. The Hall–Kier alpha value is -2.00. The maximum atomic E-state index is 12.9. The maximum absolute atomic E-state index is 12.9. The van der Waals surface area contributed by atoms with Gasteiger partial charge in [0.25, 0.3) is 0 Å². The van der Waals surface area contributed by atoms with Gasteiger partial charge in [0.1, 0.15) is 5.75 Å². The summed E-state index contributed by atoms with van der Waals surface area (Å²) >= 11 is 0. The van der Waals surface area contributed by atoms with Crippen LogP contribution >= 0.6 is 0 Å². The summed E-state index contributed by atoms with van der Waals surface area (Å²) < 4.78 is 30.6. The Balaban J connectivity index is 1.71. The third-order valence-corrected chi connectivity index (χ3v) is 5.82. The molecule has 2 atom stereocenters. The van der Waals surface area contributed by atoms with E-state index < -0.39 is 10.0 Å². The molecule has 9 heteroatoms. The Labute approximate surface area is 160 Å². The first-order chi connectivity index (χ1) is 12.8. The van der Waals surface area contributed by atoms with Gasteiger partial charge in [-0.15, -0.1) is 0 Å². The van der Waals surface area contributed by atoms with Crippen molar-refractivity contribution in [1.29, 1.82) is 0 Å². The zero-order chi connectivity index (χ0) is 19.6. The predicted molar refractivity (Wildman–Crippen MR) is 106 cm³/mol. The van der Waals surface area contributed by atoms with Crippen LogP contribution in [0.4, 0.5) is 16.2 Å². The summed E-state index contributed by atoms with van der Waals surface area (Å²) in [5, 5.41) is 2.88. The van der Waals surface area contributed by atoms with Crippen molar-refractivity contribution in [3.05, 3.63) is 18.2 Å². The van der Waals surface area contributed by atoms with Crippen LogP contribution in [-0.4, -0.2) is 69.3 Å². The Morgan fingerprint density at radius 3 is 2.59 bits per heavy atom. The number of nitrogens with zero attached hydrogens (tertiary/aromatic N) is 2. The summed E-state index contributed by atoms with van der Waals surface area (Å²) in [4.78, 5) is 17.2. The minimum absolute atomic E-state index is 0.152. The second kappa shape index (κ2) is 7.93. The smallest absolute Gasteiger partial charge is 0.322 e. The van der Waals surface area contributed by atoms with Gasteiger partial charge in [-0.1, -0.05) is 0 Å². The lowest BCUT2D eigenvalue weighted by Gasteiger charge is -2.24. The van der Waals surface area contributed by atoms with Crippen LogP contribution in [0.25, 0.3) is 0 Å². The number of methoxy groups -OCH3 is 1. The lowest BCUT2D eigenvalue weighted by molar-refractivity contribution is 0.202. The molecule has 0 aliphatic carbocycles. The van der Waals surface area contributed by atoms with Crippen molar-refractivity contribution < 1.29 is 17.9 Å². The van der Waals surface area contributed by atoms with Gasteiger partial charge in [0, 0.05) is 18.6 Å². The zero-order valence-corrected chi connectivity index (χ0v) is 16.9. The van der Waals surface area contributed by atoms with Gasteiger partial charge in [-0.2, -0.15) is 0 Å². The number of carbonyl (C=O) groups excluding carboxylic acids is 1. The first-order valence-corrected chi connectivity index (χ1v) is 11.1. The fourth-order valence-corrected chi connectivity index (χ4v) is 4.48. The van der Waals surface area contributed by atoms with Gasteiger partial charge in [0.05, 0.1) is 24.7 Å². The van der Waals surface area contributed by atoms with Crippen LogP contribution in [0.2, 0.25) is 0 Å². The zero-order valence-electron chi connectivity index (χ0n) is 16.1. The summed E-state index contributed by atoms with van der Waals surface area (Å²) in [6.07, 6.45) is 4.52. The molecule has 8 nitrogen and oxygen atoms in total. The third kappa shape index (κ3) is 4.84. The van der Waals surface area contributed by atoms with E-state index in [4.69, 9.17) is 4.74 Å². The maximum Gasteiger partial charge on any atom is 0.322 e. The van der Waals surface area contributed by atoms with Crippen LogP contribution in [0.5, 0.6) is 5.75 Å². The number of carbonyl (C=O) groups is 1. The monoisotopic (exact) mass is 396 g/mol. The first kappa shape index (κ1) is 19.8. The van der Waals surface area contributed by atoms with Gasteiger partial charge in [0.15, 0.2) is 0 Å². The summed E-state index contributed by atoms with van der Waals surface area (Å²) in [7, 11) is -1.89. The third-order valence-electron chi connectivity index (χ3n) is 5.21. The van der Waals surface area contributed by atoms with E-state index in [2.05, 4.69) is 21.9 Å². The average Bonchev–Trinajstić information content (AvgIpc) is 3.23. The highest BCUT2D eigenvalue weighted by molar-refractivity contribution is 7.92. The van der Waals surface area contributed by atoms with Crippen LogP contribution in [-0.2, 0) is 10.0 Å². The minimum Gasteiger partial charge on any atom is -0.495 e. The number of rotatable bonds is 5. The Kier molecular flexibility index (Phi) is 5.81. The molecule has 1 aromatic rings. The lowest BCUT2D eigenvalue weighted by Crippen LogP contribution is -2.40. The Bertz CT molecular complexity index is 793. The quantitative estimate of drug-likeness (QED) is 0.796. The van der Waals surface area contributed by atoms with Gasteiger partial charge in [-0.25, -0.2) is 13.2 Å². The molecule has 3 rings (SSSR count). The van der Waals surface area contributed by atoms with Crippen molar-refractivity contribution in [2.75, 3.05) is 43.0 Å². The molecule has 27 heavy (non-hydrogen) atoms. The second-order valence-electron chi connectivity index (χ2n) is 7.35. The molecule has 150 valence electrons. The van der Waals surface area contributed by atoms with Crippen molar-refractivity contribution in [3.63, 3.8) is 0 Å². The van der Waals surface area contributed by atoms with Crippen molar-refractivity contribution in [2.45, 2.75) is 38.3 Å². The van der Waals surface area contributed by atoms with Gasteiger partial charge < -0.3 is 15.0 Å². The number of benzene rings is 1. The molecule has 2 fully saturated rings. The van der Waals surface area contributed by atoms with Crippen LogP contribution in [0.15, 0.2) is 18.2 Å². The molecule has 0 bridgehead atoms. The molecule has 2 aliphatic heterocycles. The molecule has 2 heterocycles. The van der Waals surface area contributed by atoms with Gasteiger partial charge >= 0.3 is 6.03 Å². The van der Waals surface area contributed by atoms with Crippen LogP contribution in [0, 0.1) is 0 Å². The fraction of sp³-hybridized carbons (Fsp3) is 0.611. The normalized spacial score (nSPS) is 23.4. The summed E-state index contributed by atoms with van der Waals surface area (Å²) in [5.74, 6) is 0.477. The van der Waals surface area contributed by atoms with Crippen LogP contribution in [0.1, 0.15) is 26.2 Å². The number of ether oxygens (including phenoxy) is 1. The lowest BCUT2D eigenvalue weighted by atomic mass is 10.2. The molecule has 2 saturated heterocycles. The van der Waals surface area contributed by atoms with Crippen molar-refractivity contribution in [2.24, 2.45) is 0 Å². The van der Waals surface area contributed by atoms with E-state index in [1.807, 2.05) is 4.90 Å². The molecule has 2 unspecified atom stereocenters. The molecule has 0 spiro atoms. The van der Waals surface area contributed by atoms with Gasteiger partial charge in [-0.05, 0) is 57.5 Å². The topological polar surface area (TPSA) is 91.0 Å². The number of nitrogens with one attached hydrogen (secondary N) is 2. The van der Waals surface area contributed by atoms with E-state index in [1.54, 1.807) is 18.2 Å². The fourth-order valence-electron chi connectivity index (χ4n) is 3.93. The molecule has 0 radical (unpaired) electrons. The predicted octanol–water partition coefficient (Wildman–Crippen LogP) is 2.16. The Morgan fingerprint density at radius 1 is 1.26 bits per heavy atom. The minimum atomic E-state index is -3.40. The van der Waals surface area contributed by atoms with E-state index in [0.29, 0.717) is 29.7 Å². The van der Waals surface area contributed by atoms with Crippen molar-refractivity contribution in [1.82, 2.24) is 9.80 Å². The largest absolute Gasteiger partial charge is 0.495 e. The van der Waals surface area contributed by atoms with Crippen LogP contribution in [0.3, 0.4) is 0 Å². The SMILES string of the molecule is COc1ccc(NS(C)(=O)=O)cc1NC(=O)N1CC(N2CCCC2)CC1C. The summed E-state index contributed by atoms with van der Waals surface area (Å²) in [6.45, 7) is 4.99. The molecule has 1 aromatic carbocycles. The summed E-state index contributed by atoms with van der Waals surface area (Å²) in [6, 6.07) is 5.16. The molecule has 2 N–H and O–H groups in total. The van der Waals surface area contributed by atoms with Gasteiger partial charge in [0.2, 0.25) is 10.0 Å². The Morgan fingerprint density at radius 2 is 1.96 bits per heavy atom. The molecular formula is C18H28N4O4S. The first-order valence-electron chi connectivity index (χ1n) is 9.24.